The monoisotopic (exact) mass is 230 g/mol. The van der Waals surface area contributed by atoms with Gasteiger partial charge in [-0.1, -0.05) is 0 Å². The van der Waals surface area contributed by atoms with Crippen LogP contribution >= 0.6 is 0 Å². The van der Waals surface area contributed by atoms with Crippen LogP contribution in [-0.2, 0) is 14.8 Å². The molecule has 0 aliphatic rings. The summed E-state index contributed by atoms with van der Waals surface area (Å²) in [5, 5.41) is 8.36. The first-order chi connectivity index (χ1) is 6.91. The van der Waals surface area contributed by atoms with E-state index in [1.54, 1.807) is 13.0 Å². The molecule has 0 aliphatic heterocycles. The number of aromatic nitrogens is 1. The van der Waals surface area contributed by atoms with Gasteiger partial charge in [-0.15, -0.1) is 0 Å². The highest BCUT2D eigenvalue weighted by molar-refractivity contribution is 7.93. The fourth-order valence-electron chi connectivity index (χ4n) is 0.958. The Bertz CT molecular complexity index is 469. The zero-order valence-corrected chi connectivity index (χ0v) is 8.78. The number of carbonyl (C=O) groups is 1. The number of nitrogens with one attached hydrogen (secondary N) is 1. The van der Waals surface area contributed by atoms with Crippen molar-refractivity contribution >= 4 is 21.7 Å². The van der Waals surface area contributed by atoms with E-state index >= 15 is 0 Å². The van der Waals surface area contributed by atoms with Crippen LogP contribution in [0.1, 0.15) is 5.69 Å². The summed E-state index contributed by atoms with van der Waals surface area (Å²) < 4.78 is 24.6. The van der Waals surface area contributed by atoms with Crippen LogP contribution in [0.25, 0.3) is 0 Å². The number of carboxylic acid groups (broad SMARTS) is 1. The fourth-order valence-corrected chi connectivity index (χ4v) is 1.91. The molecule has 0 spiro atoms. The average molecular weight is 230 g/mol. The van der Waals surface area contributed by atoms with Gasteiger partial charge in [0.25, 0.3) is 0 Å². The van der Waals surface area contributed by atoms with Crippen molar-refractivity contribution in [2.75, 3.05) is 10.5 Å². The molecule has 0 amide bonds. The number of rotatable bonds is 4. The van der Waals surface area contributed by atoms with Crippen molar-refractivity contribution < 1.29 is 18.3 Å². The SMILES string of the molecule is Cc1ncccc1NS(=O)(=O)CC(=O)O. The molecule has 15 heavy (non-hydrogen) atoms. The standard InChI is InChI=1S/C8H10N2O4S/c1-6-7(3-2-4-9-6)10-15(13,14)5-8(11)12/h2-4,10H,5H2,1H3,(H,11,12). The zero-order chi connectivity index (χ0) is 11.5. The molecule has 0 saturated heterocycles. The lowest BCUT2D eigenvalue weighted by molar-refractivity contribution is -0.134. The Balaban J connectivity index is 2.87. The largest absolute Gasteiger partial charge is 0.480 e. The molecular weight excluding hydrogens is 220 g/mol. The van der Waals surface area contributed by atoms with E-state index in [4.69, 9.17) is 5.11 Å². The molecule has 1 aromatic rings. The third-order valence-corrected chi connectivity index (χ3v) is 2.74. The van der Waals surface area contributed by atoms with Gasteiger partial charge < -0.3 is 5.11 Å². The van der Waals surface area contributed by atoms with Gasteiger partial charge in [-0.05, 0) is 19.1 Å². The minimum Gasteiger partial charge on any atom is -0.480 e. The van der Waals surface area contributed by atoms with E-state index in [9.17, 15) is 13.2 Å². The summed E-state index contributed by atoms with van der Waals surface area (Å²) in [6.07, 6.45) is 1.52. The van der Waals surface area contributed by atoms with Gasteiger partial charge in [-0.25, -0.2) is 8.42 Å². The predicted octanol–water partition coefficient (Wildman–Crippen LogP) is 0.216. The highest BCUT2D eigenvalue weighted by Crippen LogP contribution is 2.12. The van der Waals surface area contributed by atoms with Crippen LogP contribution in [0.4, 0.5) is 5.69 Å². The van der Waals surface area contributed by atoms with Crippen molar-refractivity contribution in [3.63, 3.8) is 0 Å². The fraction of sp³-hybridized carbons (Fsp3) is 0.250. The molecule has 1 heterocycles. The summed E-state index contributed by atoms with van der Waals surface area (Å²) in [4.78, 5) is 14.1. The maximum absolute atomic E-state index is 11.2. The van der Waals surface area contributed by atoms with E-state index in [-0.39, 0.29) is 0 Å². The van der Waals surface area contributed by atoms with Gasteiger partial charge in [0, 0.05) is 6.20 Å². The van der Waals surface area contributed by atoms with Crippen LogP contribution in [0.2, 0.25) is 0 Å². The molecule has 0 unspecified atom stereocenters. The number of sulfonamides is 1. The molecule has 1 rings (SSSR count). The van der Waals surface area contributed by atoms with Crippen molar-refractivity contribution in [2.24, 2.45) is 0 Å². The minimum atomic E-state index is -3.85. The number of nitrogens with zero attached hydrogens (tertiary/aromatic N) is 1. The molecule has 82 valence electrons. The second kappa shape index (κ2) is 4.26. The number of aryl methyl sites for hydroxylation is 1. The second-order valence-corrected chi connectivity index (χ2v) is 4.61. The Morgan fingerprint density at radius 3 is 2.80 bits per heavy atom. The lowest BCUT2D eigenvalue weighted by Gasteiger charge is -2.07. The zero-order valence-electron chi connectivity index (χ0n) is 7.97. The number of anilines is 1. The maximum Gasteiger partial charge on any atom is 0.320 e. The Hall–Kier alpha value is -1.63. The normalized spacial score (nSPS) is 11.0. The minimum absolute atomic E-state index is 0.291. The molecule has 0 fully saturated rings. The molecule has 0 atom stereocenters. The first-order valence-corrected chi connectivity index (χ1v) is 5.70. The first-order valence-electron chi connectivity index (χ1n) is 4.04. The van der Waals surface area contributed by atoms with Crippen LogP contribution in [0.15, 0.2) is 18.3 Å². The quantitative estimate of drug-likeness (QED) is 0.771. The second-order valence-electron chi connectivity index (χ2n) is 2.89. The van der Waals surface area contributed by atoms with Gasteiger partial charge in [-0.2, -0.15) is 0 Å². The van der Waals surface area contributed by atoms with Gasteiger partial charge in [-0.3, -0.25) is 14.5 Å². The Kier molecular flexibility index (Phi) is 3.25. The number of pyridine rings is 1. The topological polar surface area (TPSA) is 96.4 Å². The van der Waals surface area contributed by atoms with Crippen molar-refractivity contribution in [1.82, 2.24) is 4.98 Å². The first kappa shape index (κ1) is 11.4. The van der Waals surface area contributed by atoms with Crippen LogP contribution < -0.4 is 4.72 Å². The third-order valence-electron chi connectivity index (χ3n) is 1.59. The van der Waals surface area contributed by atoms with Gasteiger partial charge in [0.1, 0.15) is 0 Å². The van der Waals surface area contributed by atoms with Gasteiger partial charge >= 0.3 is 5.97 Å². The number of aliphatic carboxylic acids is 1. The maximum atomic E-state index is 11.2. The van der Waals surface area contributed by atoms with E-state index in [1.807, 2.05) is 0 Å². The number of hydrogen-bond acceptors (Lipinski definition) is 4. The summed E-state index contributed by atoms with van der Waals surface area (Å²) >= 11 is 0. The van der Waals surface area contributed by atoms with Crippen LogP contribution in [-0.4, -0.2) is 30.2 Å². The lowest BCUT2D eigenvalue weighted by Crippen LogP contribution is -2.22. The highest BCUT2D eigenvalue weighted by atomic mass is 32.2. The number of hydrogen-bond donors (Lipinski definition) is 2. The molecule has 0 bridgehead atoms. The van der Waals surface area contributed by atoms with Crippen LogP contribution in [0.5, 0.6) is 0 Å². The molecular formula is C8H10N2O4S. The summed E-state index contributed by atoms with van der Waals surface area (Å²) in [7, 11) is -3.85. The van der Waals surface area contributed by atoms with E-state index in [0.717, 1.165) is 0 Å². The van der Waals surface area contributed by atoms with Gasteiger partial charge in [0.2, 0.25) is 10.0 Å². The van der Waals surface area contributed by atoms with Crippen LogP contribution in [0, 0.1) is 6.92 Å². The van der Waals surface area contributed by atoms with E-state index in [0.29, 0.717) is 11.4 Å². The van der Waals surface area contributed by atoms with Crippen molar-refractivity contribution in [2.45, 2.75) is 6.92 Å². The van der Waals surface area contributed by atoms with Crippen molar-refractivity contribution in [3.8, 4) is 0 Å². The lowest BCUT2D eigenvalue weighted by atomic mass is 10.3. The molecule has 0 aromatic carbocycles. The predicted molar refractivity (Wildman–Crippen MR) is 54.0 cm³/mol. The third kappa shape index (κ3) is 3.55. The summed E-state index contributed by atoms with van der Waals surface area (Å²) in [6.45, 7) is 1.62. The number of carboxylic acids is 1. The molecule has 0 aliphatic carbocycles. The molecule has 7 heteroatoms. The molecule has 1 aromatic heterocycles. The van der Waals surface area contributed by atoms with Gasteiger partial charge in [0.15, 0.2) is 5.75 Å². The molecule has 6 nitrogen and oxygen atoms in total. The van der Waals surface area contributed by atoms with Crippen molar-refractivity contribution in [1.29, 1.82) is 0 Å². The summed E-state index contributed by atoms with van der Waals surface area (Å²) in [6, 6.07) is 3.08. The molecule has 2 N–H and O–H groups in total. The van der Waals surface area contributed by atoms with Crippen molar-refractivity contribution in [3.05, 3.63) is 24.0 Å². The average Bonchev–Trinajstić information content (AvgIpc) is 2.06. The molecule has 0 saturated carbocycles. The van der Waals surface area contributed by atoms with E-state index < -0.39 is 21.7 Å². The van der Waals surface area contributed by atoms with Crippen LogP contribution in [0.3, 0.4) is 0 Å². The Morgan fingerprint density at radius 1 is 1.60 bits per heavy atom. The Labute approximate surface area is 87.0 Å². The summed E-state index contributed by atoms with van der Waals surface area (Å²) in [5.41, 5.74) is 0.783. The highest BCUT2D eigenvalue weighted by Gasteiger charge is 2.16. The molecule has 0 radical (unpaired) electrons. The Morgan fingerprint density at radius 2 is 2.27 bits per heavy atom. The van der Waals surface area contributed by atoms with E-state index in [1.165, 1.54) is 12.3 Å². The summed E-state index contributed by atoms with van der Waals surface area (Å²) in [5.74, 6) is -2.36. The van der Waals surface area contributed by atoms with Gasteiger partial charge in [0.05, 0.1) is 11.4 Å². The smallest absolute Gasteiger partial charge is 0.320 e. The van der Waals surface area contributed by atoms with E-state index in [2.05, 4.69) is 9.71 Å².